The number of ether oxygens (including phenoxy) is 1. The Morgan fingerprint density at radius 2 is 1.88 bits per heavy atom. The van der Waals surface area contributed by atoms with Gasteiger partial charge in [-0.05, 0) is 55.2 Å². The first-order chi connectivity index (χ1) is 19.7. The molecule has 3 heterocycles. The van der Waals surface area contributed by atoms with E-state index >= 15 is 0 Å². The summed E-state index contributed by atoms with van der Waals surface area (Å²) in [5, 5.41) is 6.35. The molecule has 0 aromatic heterocycles. The Morgan fingerprint density at radius 1 is 1.10 bits per heavy atom. The van der Waals surface area contributed by atoms with Crippen LogP contribution in [0.2, 0.25) is 0 Å². The van der Waals surface area contributed by atoms with E-state index in [1.54, 1.807) is 16.7 Å². The summed E-state index contributed by atoms with van der Waals surface area (Å²) in [4.78, 5) is 44.9. The molecule has 3 aliphatic heterocycles. The first-order valence-corrected chi connectivity index (χ1v) is 15.9. The van der Waals surface area contributed by atoms with Crippen LogP contribution in [0.1, 0.15) is 44.2 Å². The SMILES string of the molecule is CSc1cccc(NC(=O)[C@@H]2[C@@H]3C=C[C@]4(O3)[C@@H]2C(=O)N(Cc2ccc(C)cc2)[C@H]4C(=O)N[C@@H]2CCC[C@H](C)[C@@H]2C)c1. The highest BCUT2D eigenvalue weighted by atomic mass is 32.2. The first kappa shape index (κ1) is 28.0. The smallest absolute Gasteiger partial charge is 0.246 e. The topological polar surface area (TPSA) is 87.7 Å². The Hall–Kier alpha value is -3.10. The number of hydrogen-bond donors (Lipinski definition) is 2. The van der Waals surface area contributed by atoms with E-state index in [1.807, 2.05) is 73.9 Å². The minimum atomic E-state index is -1.18. The number of benzene rings is 2. The molecule has 3 amide bonds. The molecule has 1 aliphatic carbocycles. The highest BCUT2D eigenvalue weighted by molar-refractivity contribution is 7.98. The van der Waals surface area contributed by atoms with Gasteiger partial charge in [-0.25, -0.2) is 0 Å². The molecule has 0 unspecified atom stereocenters. The molecule has 2 saturated heterocycles. The summed E-state index contributed by atoms with van der Waals surface area (Å²) >= 11 is 1.60. The molecule has 4 aliphatic rings. The summed E-state index contributed by atoms with van der Waals surface area (Å²) in [6, 6.07) is 14.8. The number of amides is 3. The molecule has 41 heavy (non-hydrogen) atoms. The number of fused-ring (bicyclic) bond motifs is 1. The predicted octanol–water partition coefficient (Wildman–Crippen LogP) is 4.95. The van der Waals surface area contributed by atoms with Crippen LogP contribution in [-0.4, -0.2) is 52.7 Å². The van der Waals surface area contributed by atoms with E-state index in [-0.39, 0.29) is 30.3 Å². The maximum atomic E-state index is 14.3. The minimum absolute atomic E-state index is 0.0448. The predicted molar refractivity (Wildman–Crippen MR) is 160 cm³/mol. The van der Waals surface area contributed by atoms with Gasteiger partial charge < -0.3 is 20.3 Å². The molecule has 1 saturated carbocycles. The van der Waals surface area contributed by atoms with Crippen LogP contribution in [0.4, 0.5) is 5.69 Å². The average molecular weight is 574 g/mol. The zero-order chi connectivity index (χ0) is 28.9. The molecule has 2 N–H and O–H groups in total. The van der Waals surface area contributed by atoms with Gasteiger partial charge in [-0.3, -0.25) is 14.4 Å². The molecule has 2 aromatic carbocycles. The van der Waals surface area contributed by atoms with Crippen LogP contribution in [0.15, 0.2) is 65.6 Å². The number of aryl methyl sites for hydroxylation is 1. The largest absolute Gasteiger partial charge is 0.359 e. The Morgan fingerprint density at radius 3 is 2.63 bits per heavy atom. The standard InChI is InChI=1S/C33H39N3O4S/c1-19-11-13-22(14-12-19)18-36-29(31(38)35-25-10-5-7-20(2)21(25)3)33-16-15-26(40-33)27(28(33)32(36)39)30(37)34-23-8-6-9-24(17-23)41-4/h6,8-9,11-17,20-21,25-29H,5,7,10,18H2,1-4H3,(H,34,37)(H,35,38)/t20-,21-,25+,26-,27+,28-,29-,33-/m0/s1. The van der Waals surface area contributed by atoms with Gasteiger partial charge in [0.15, 0.2) is 0 Å². The number of rotatable bonds is 7. The molecule has 2 bridgehead atoms. The number of thioether (sulfide) groups is 1. The van der Waals surface area contributed by atoms with Crippen molar-refractivity contribution in [3.8, 4) is 0 Å². The molecule has 8 atom stereocenters. The van der Waals surface area contributed by atoms with E-state index in [4.69, 9.17) is 4.74 Å². The molecular weight excluding hydrogens is 534 g/mol. The van der Waals surface area contributed by atoms with Crippen molar-refractivity contribution >= 4 is 35.2 Å². The van der Waals surface area contributed by atoms with Crippen LogP contribution in [0.25, 0.3) is 0 Å². The van der Waals surface area contributed by atoms with E-state index in [0.717, 1.165) is 35.3 Å². The van der Waals surface area contributed by atoms with Crippen LogP contribution >= 0.6 is 11.8 Å². The minimum Gasteiger partial charge on any atom is -0.359 e. The number of carbonyl (C=O) groups excluding carboxylic acids is 3. The highest BCUT2D eigenvalue weighted by Crippen LogP contribution is 2.55. The quantitative estimate of drug-likeness (QED) is 0.362. The van der Waals surface area contributed by atoms with E-state index in [2.05, 4.69) is 24.5 Å². The Balaban J connectivity index is 1.32. The number of nitrogens with zero attached hydrogens (tertiary/aromatic N) is 1. The molecular formula is C33H39N3O4S. The van der Waals surface area contributed by atoms with Gasteiger partial charge in [-0.2, -0.15) is 0 Å². The fourth-order valence-corrected chi connectivity index (χ4v) is 7.76. The summed E-state index contributed by atoms with van der Waals surface area (Å²) in [6.07, 6.45) is 8.32. The Labute approximate surface area is 246 Å². The van der Waals surface area contributed by atoms with Crippen LogP contribution in [0.3, 0.4) is 0 Å². The second-order valence-corrected chi connectivity index (χ2v) is 13.1. The van der Waals surface area contributed by atoms with Crippen molar-refractivity contribution in [2.45, 2.75) is 75.3 Å². The van der Waals surface area contributed by atoms with Crippen LogP contribution in [0.5, 0.6) is 0 Å². The number of nitrogens with one attached hydrogen (secondary N) is 2. The van der Waals surface area contributed by atoms with Crippen molar-refractivity contribution in [2.75, 3.05) is 11.6 Å². The van der Waals surface area contributed by atoms with Crippen LogP contribution < -0.4 is 10.6 Å². The first-order valence-electron chi connectivity index (χ1n) is 14.7. The van der Waals surface area contributed by atoms with Crippen molar-refractivity contribution in [1.29, 1.82) is 0 Å². The Kier molecular flexibility index (Phi) is 7.49. The maximum absolute atomic E-state index is 14.3. The zero-order valence-electron chi connectivity index (χ0n) is 24.1. The third kappa shape index (κ3) is 4.89. The number of anilines is 1. The van der Waals surface area contributed by atoms with E-state index in [0.29, 0.717) is 17.5 Å². The third-order valence-corrected chi connectivity index (χ3v) is 10.5. The number of hydrogen-bond acceptors (Lipinski definition) is 5. The second kappa shape index (κ2) is 11.0. The third-order valence-electron chi connectivity index (χ3n) is 9.77. The van der Waals surface area contributed by atoms with Gasteiger partial charge >= 0.3 is 0 Å². The number of likely N-dealkylation sites (tertiary alicyclic amines) is 1. The second-order valence-electron chi connectivity index (χ2n) is 12.3. The monoisotopic (exact) mass is 573 g/mol. The van der Waals surface area contributed by atoms with E-state index in [9.17, 15) is 14.4 Å². The van der Waals surface area contributed by atoms with Crippen molar-refractivity contribution < 1.29 is 19.1 Å². The molecule has 7 nitrogen and oxygen atoms in total. The lowest BCUT2D eigenvalue weighted by Crippen LogP contribution is -2.57. The van der Waals surface area contributed by atoms with Gasteiger partial charge in [-0.15, -0.1) is 11.8 Å². The lowest BCUT2D eigenvalue weighted by atomic mass is 9.73. The van der Waals surface area contributed by atoms with Crippen molar-refractivity contribution in [3.63, 3.8) is 0 Å². The van der Waals surface area contributed by atoms with Gasteiger partial charge in [0.2, 0.25) is 17.7 Å². The van der Waals surface area contributed by atoms with Gasteiger partial charge in [-0.1, -0.05) is 74.7 Å². The summed E-state index contributed by atoms with van der Waals surface area (Å²) in [7, 11) is 0. The summed E-state index contributed by atoms with van der Waals surface area (Å²) < 4.78 is 6.53. The van der Waals surface area contributed by atoms with E-state index in [1.165, 1.54) is 0 Å². The molecule has 3 fully saturated rings. The summed E-state index contributed by atoms with van der Waals surface area (Å²) in [5.74, 6) is -1.30. The maximum Gasteiger partial charge on any atom is 0.246 e. The van der Waals surface area contributed by atoms with Gasteiger partial charge in [0.05, 0.1) is 17.9 Å². The molecule has 1 spiro atoms. The fourth-order valence-electron chi connectivity index (χ4n) is 7.30. The molecule has 2 aromatic rings. The summed E-state index contributed by atoms with van der Waals surface area (Å²) in [5.41, 5.74) is 1.56. The fraction of sp³-hybridized carbons (Fsp3) is 0.485. The molecule has 0 radical (unpaired) electrons. The van der Waals surface area contributed by atoms with Gasteiger partial charge in [0.1, 0.15) is 11.6 Å². The normalized spacial score (nSPS) is 33.6. The summed E-state index contributed by atoms with van der Waals surface area (Å²) in [6.45, 7) is 6.73. The van der Waals surface area contributed by atoms with Crippen LogP contribution in [0, 0.1) is 30.6 Å². The van der Waals surface area contributed by atoms with Gasteiger partial charge in [0.25, 0.3) is 0 Å². The van der Waals surface area contributed by atoms with Crippen molar-refractivity contribution in [1.82, 2.24) is 10.2 Å². The highest BCUT2D eigenvalue weighted by Gasteiger charge is 2.72. The molecule has 6 rings (SSSR count). The molecule has 216 valence electrons. The Bertz CT molecular complexity index is 1380. The van der Waals surface area contributed by atoms with Crippen molar-refractivity contribution in [3.05, 3.63) is 71.8 Å². The molecule has 8 heteroatoms. The lowest BCUT2D eigenvalue weighted by Gasteiger charge is -2.38. The number of carbonyl (C=O) groups is 3. The van der Waals surface area contributed by atoms with Crippen molar-refractivity contribution in [2.24, 2.45) is 23.7 Å². The average Bonchev–Trinajstić information content (AvgIpc) is 3.60. The zero-order valence-corrected chi connectivity index (χ0v) is 24.9. The van der Waals surface area contributed by atoms with E-state index < -0.39 is 29.6 Å². The van der Waals surface area contributed by atoms with Gasteiger partial charge in [0, 0.05) is 23.2 Å². The lowest BCUT2D eigenvalue weighted by molar-refractivity contribution is -0.142. The van der Waals surface area contributed by atoms with Crippen LogP contribution in [-0.2, 0) is 25.7 Å².